The predicted octanol–water partition coefficient (Wildman–Crippen LogP) is 4.02. The summed E-state index contributed by atoms with van der Waals surface area (Å²) >= 11 is 1.46. The van der Waals surface area contributed by atoms with Crippen LogP contribution in [0.25, 0.3) is 0 Å². The van der Waals surface area contributed by atoms with Crippen LogP contribution in [-0.2, 0) is 4.79 Å². The van der Waals surface area contributed by atoms with Gasteiger partial charge in [-0.3, -0.25) is 9.59 Å². The van der Waals surface area contributed by atoms with Crippen LogP contribution in [0.3, 0.4) is 0 Å². The topological polar surface area (TPSA) is 55.4 Å². The molecule has 23 heavy (non-hydrogen) atoms. The maximum Gasteiger partial charge on any atom is 0.237 e. The first kappa shape index (κ1) is 17.1. The summed E-state index contributed by atoms with van der Waals surface area (Å²) in [5.74, 6) is 0.681. The van der Waals surface area contributed by atoms with E-state index >= 15 is 0 Å². The van der Waals surface area contributed by atoms with E-state index in [2.05, 4.69) is 5.32 Å². The van der Waals surface area contributed by atoms with Crippen LogP contribution in [0, 0.1) is 0 Å². The van der Waals surface area contributed by atoms with Gasteiger partial charge in [-0.25, -0.2) is 0 Å². The van der Waals surface area contributed by atoms with Crippen molar-refractivity contribution in [3.8, 4) is 5.75 Å². The van der Waals surface area contributed by atoms with Gasteiger partial charge in [0.05, 0.1) is 12.4 Å². The number of nitrogens with one attached hydrogen (secondary N) is 1. The number of Topliss-reactive ketones (excluding diaryl/α,β-unsaturated/α-hetero) is 1. The first-order chi connectivity index (χ1) is 11.0. The van der Waals surface area contributed by atoms with E-state index in [9.17, 15) is 9.59 Å². The number of hydrogen-bond acceptors (Lipinski definition) is 4. The maximum absolute atomic E-state index is 12.3. The van der Waals surface area contributed by atoms with Crippen LogP contribution in [0.4, 0.5) is 5.69 Å². The zero-order chi connectivity index (χ0) is 16.8. The Kier molecular flexibility index (Phi) is 5.82. The first-order valence-corrected chi connectivity index (χ1v) is 8.10. The van der Waals surface area contributed by atoms with Crippen LogP contribution in [0.1, 0.15) is 24.2 Å². The SMILES string of the molecule is COc1cccc(SC(C)C(=O)Nc2ccc(C(C)=O)cc2)c1. The molecule has 0 radical (unpaired) electrons. The third-order valence-corrected chi connectivity index (χ3v) is 4.38. The Balaban J connectivity index is 1.97. The van der Waals surface area contributed by atoms with Crippen molar-refractivity contribution < 1.29 is 14.3 Å². The predicted molar refractivity (Wildman–Crippen MR) is 93.4 cm³/mol. The highest BCUT2D eigenvalue weighted by Gasteiger charge is 2.15. The molecule has 1 amide bonds. The summed E-state index contributed by atoms with van der Waals surface area (Å²) in [5, 5.41) is 2.60. The smallest absolute Gasteiger partial charge is 0.237 e. The molecule has 1 N–H and O–H groups in total. The van der Waals surface area contributed by atoms with Crippen molar-refractivity contribution in [2.75, 3.05) is 12.4 Å². The molecule has 2 aromatic rings. The maximum atomic E-state index is 12.3. The molecule has 0 saturated heterocycles. The van der Waals surface area contributed by atoms with Gasteiger partial charge in [0, 0.05) is 16.1 Å². The summed E-state index contributed by atoms with van der Waals surface area (Å²) in [6.07, 6.45) is 0. The molecule has 0 saturated carbocycles. The van der Waals surface area contributed by atoms with Crippen molar-refractivity contribution in [2.45, 2.75) is 24.0 Å². The average molecular weight is 329 g/mol. The van der Waals surface area contributed by atoms with Gasteiger partial charge in [-0.2, -0.15) is 0 Å². The number of rotatable bonds is 6. The Morgan fingerprint density at radius 2 is 1.83 bits per heavy atom. The number of ether oxygens (including phenoxy) is 1. The van der Waals surface area contributed by atoms with Crippen LogP contribution in [0.15, 0.2) is 53.4 Å². The second-order valence-electron chi connectivity index (χ2n) is 5.06. The second kappa shape index (κ2) is 7.83. The Bertz CT molecular complexity index is 698. The van der Waals surface area contributed by atoms with E-state index in [1.807, 2.05) is 31.2 Å². The highest BCUT2D eigenvalue weighted by Crippen LogP contribution is 2.27. The minimum absolute atomic E-state index is 0.00447. The Morgan fingerprint density at radius 3 is 2.43 bits per heavy atom. The molecule has 0 spiro atoms. The fraction of sp³-hybridized carbons (Fsp3) is 0.222. The zero-order valence-electron chi connectivity index (χ0n) is 13.3. The Hall–Kier alpha value is -2.27. The van der Waals surface area contributed by atoms with Crippen molar-refractivity contribution in [1.82, 2.24) is 0 Å². The molecule has 0 bridgehead atoms. The first-order valence-electron chi connectivity index (χ1n) is 7.22. The minimum atomic E-state index is -0.255. The molecule has 5 heteroatoms. The molecule has 1 atom stereocenters. The van der Waals surface area contributed by atoms with E-state index in [4.69, 9.17) is 4.74 Å². The van der Waals surface area contributed by atoms with Gasteiger partial charge < -0.3 is 10.1 Å². The fourth-order valence-electron chi connectivity index (χ4n) is 1.96. The highest BCUT2D eigenvalue weighted by atomic mass is 32.2. The lowest BCUT2D eigenvalue weighted by Crippen LogP contribution is -2.22. The van der Waals surface area contributed by atoms with Gasteiger partial charge in [0.2, 0.25) is 5.91 Å². The Morgan fingerprint density at radius 1 is 1.13 bits per heavy atom. The third-order valence-electron chi connectivity index (χ3n) is 3.28. The molecule has 2 rings (SSSR count). The van der Waals surface area contributed by atoms with E-state index in [0.29, 0.717) is 11.3 Å². The van der Waals surface area contributed by atoms with Gasteiger partial charge in [-0.15, -0.1) is 11.8 Å². The number of carbonyl (C=O) groups is 2. The lowest BCUT2D eigenvalue weighted by atomic mass is 10.1. The van der Waals surface area contributed by atoms with Gasteiger partial charge in [-0.05, 0) is 56.3 Å². The van der Waals surface area contributed by atoms with E-state index < -0.39 is 0 Å². The summed E-state index contributed by atoms with van der Waals surface area (Å²) in [7, 11) is 1.62. The zero-order valence-corrected chi connectivity index (χ0v) is 14.1. The highest BCUT2D eigenvalue weighted by molar-refractivity contribution is 8.00. The number of amides is 1. The fourth-order valence-corrected chi connectivity index (χ4v) is 2.88. The van der Waals surface area contributed by atoms with Crippen LogP contribution < -0.4 is 10.1 Å². The summed E-state index contributed by atoms with van der Waals surface area (Å²) in [6, 6.07) is 14.5. The van der Waals surface area contributed by atoms with E-state index in [1.54, 1.807) is 31.4 Å². The molecule has 4 nitrogen and oxygen atoms in total. The number of carbonyl (C=O) groups excluding carboxylic acids is 2. The molecular formula is C18H19NO3S. The number of methoxy groups -OCH3 is 1. The van der Waals surface area contributed by atoms with E-state index in [1.165, 1.54) is 18.7 Å². The molecule has 0 fully saturated rings. The average Bonchev–Trinajstić information content (AvgIpc) is 2.55. The number of ketones is 1. The van der Waals surface area contributed by atoms with E-state index in [-0.39, 0.29) is 16.9 Å². The van der Waals surface area contributed by atoms with Crippen molar-refractivity contribution in [3.05, 3.63) is 54.1 Å². The normalized spacial score (nSPS) is 11.6. The van der Waals surface area contributed by atoms with Crippen LogP contribution in [0.5, 0.6) is 5.75 Å². The third kappa shape index (κ3) is 4.86. The number of hydrogen-bond donors (Lipinski definition) is 1. The van der Waals surface area contributed by atoms with Crippen LogP contribution in [0.2, 0.25) is 0 Å². The molecule has 2 aromatic carbocycles. The quantitative estimate of drug-likeness (QED) is 0.642. The number of benzene rings is 2. The molecule has 1 unspecified atom stereocenters. The molecular weight excluding hydrogens is 310 g/mol. The lowest BCUT2D eigenvalue weighted by molar-refractivity contribution is -0.115. The molecule has 0 aliphatic heterocycles. The monoisotopic (exact) mass is 329 g/mol. The van der Waals surface area contributed by atoms with Crippen molar-refractivity contribution in [2.24, 2.45) is 0 Å². The van der Waals surface area contributed by atoms with Crippen LogP contribution in [-0.4, -0.2) is 24.1 Å². The van der Waals surface area contributed by atoms with Crippen molar-refractivity contribution in [1.29, 1.82) is 0 Å². The summed E-state index contributed by atoms with van der Waals surface area (Å²) in [4.78, 5) is 24.5. The number of thioether (sulfide) groups is 1. The molecule has 120 valence electrons. The number of anilines is 1. The Labute approximate surface area is 140 Å². The molecule has 0 aliphatic carbocycles. The largest absolute Gasteiger partial charge is 0.497 e. The standard InChI is InChI=1S/C18H19NO3S/c1-12(20)14-7-9-15(10-8-14)19-18(21)13(2)23-17-6-4-5-16(11-17)22-3/h4-11,13H,1-3H3,(H,19,21). The van der Waals surface area contributed by atoms with Gasteiger partial charge in [0.1, 0.15) is 5.75 Å². The second-order valence-corrected chi connectivity index (χ2v) is 6.48. The minimum Gasteiger partial charge on any atom is -0.497 e. The van der Waals surface area contributed by atoms with Gasteiger partial charge >= 0.3 is 0 Å². The summed E-state index contributed by atoms with van der Waals surface area (Å²) in [5.41, 5.74) is 1.31. The lowest BCUT2D eigenvalue weighted by Gasteiger charge is -2.12. The van der Waals surface area contributed by atoms with Crippen LogP contribution >= 0.6 is 11.8 Å². The van der Waals surface area contributed by atoms with Gasteiger partial charge in [0.25, 0.3) is 0 Å². The summed E-state index contributed by atoms with van der Waals surface area (Å²) in [6.45, 7) is 3.36. The van der Waals surface area contributed by atoms with Gasteiger partial charge in [-0.1, -0.05) is 6.07 Å². The molecule has 0 heterocycles. The van der Waals surface area contributed by atoms with E-state index in [0.717, 1.165) is 10.6 Å². The molecule has 0 aromatic heterocycles. The molecule has 0 aliphatic rings. The van der Waals surface area contributed by atoms with Gasteiger partial charge in [0.15, 0.2) is 5.78 Å². The summed E-state index contributed by atoms with van der Waals surface area (Å²) < 4.78 is 5.18. The van der Waals surface area contributed by atoms with Crippen molar-refractivity contribution >= 4 is 29.1 Å². The van der Waals surface area contributed by atoms with Crippen molar-refractivity contribution in [3.63, 3.8) is 0 Å².